The maximum atomic E-state index is 13.4. The first-order chi connectivity index (χ1) is 16.0. The summed E-state index contributed by atoms with van der Waals surface area (Å²) in [4.78, 5) is 13.0. The number of ether oxygens (including phenoxy) is 1. The summed E-state index contributed by atoms with van der Waals surface area (Å²) >= 11 is 0. The highest BCUT2D eigenvalue weighted by Gasteiger charge is 2.35. The first-order valence-electron chi connectivity index (χ1n) is 11.3. The minimum Gasteiger partial charge on any atom is -0.429 e. The lowest BCUT2D eigenvalue weighted by Gasteiger charge is -2.32. The van der Waals surface area contributed by atoms with Crippen molar-refractivity contribution >= 4 is 27.8 Å². The molecule has 1 fully saturated rings. The molecule has 0 radical (unpaired) electrons. The number of hydrogen-bond donors (Lipinski definition) is 2. The molecule has 0 atom stereocenters. The molecule has 1 aromatic carbocycles. The molecular formula is C23H26N4O5S. The number of rotatable bonds is 5. The summed E-state index contributed by atoms with van der Waals surface area (Å²) in [6.07, 6.45) is 6.68. The van der Waals surface area contributed by atoms with Crippen molar-refractivity contribution in [1.82, 2.24) is 4.72 Å². The Bertz CT molecular complexity index is 1190. The summed E-state index contributed by atoms with van der Waals surface area (Å²) in [5, 5.41) is 12.0. The number of nitrogens with one attached hydrogen (secondary N) is 2. The van der Waals surface area contributed by atoms with Crippen LogP contribution in [0, 0.1) is 11.3 Å². The quantitative estimate of drug-likeness (QED) is 0.692. The Balaban J connectivity index is 1.41. The van der Waals surface area contributed by atoms with Crippen molar-refractivity contribution in [3.63, 3.8) is 0 Å². The number of amides is 2. The summed E-state index contributed by atoms with van der Waals surface area (Å²) < 4.78 is 40.8. The Kier molecular flexibility index (Phi) is 5.76. The molecule has 2 heterocycles. The van der Waals surface area contributed by atoms with Crippen LogP contribution < -0.4 is 14.3 Å². The van der Waals surface area contributed by atoms with E-state index in [1.54, 1.807) is 0 Å². The number of furan rings is 1. The van der Waals surface area contributed by atoms with Crippen LogP contribution in [-0.4, -0.2) is 33.7 Å². The van der Waals surface area contributed by atoms with E-state index >= 15 is 0 Å². The molecule has 0 saturated carbocycles. The van der Waals surface area contributed by atoms with Gasteiger partial charge >= 0.3 is 16.2 Å². The number of fused-ring (bicyclic) bond motifs is 2. The standard InChI is InChI=1S/C23H26N4O5S/c24-14-18-7-8-21(32-18)27(17-9-11-31-12-10-17)33(29,30)26-23(28)25-22-19-5-1-3-15(19)13-16-4-2-6-20(16)22/h7-8,13,17H,1-6,9-12H2,(H2,25,26,28). The van der Waals surface area contributed by atoms with Crippen LogP contribution in [0.3, 0.4) is 0 Å². The predicted octanol–water partition coefficient (Wildman–Crippen LogP) is 3.18. The zero-order valence-corrected chi connectivity index (χ0v) is 19.0. The molecule has 0 spiro atoms. The van der Waals surface area contributed by atoms with Crippen LogP contribution in [0.25, 0.3) is 0 Å². The van der Waals surface area contributed by atoms with E-state index in [4.69, 9.17) is 14.4 Å². The third-order valence-corrected chi connectivity index (χ3v) is 8.07. The van der Waals surface area contributed by atoms with E-state index in [0.29, 0.717) is 26.1 Å². The molecule has 2 amide bonds. The molecule has 33 heavy (non-hydrogen) atoms. The molecule has 0 bridgehead atoms. The van der Waals surface area contributed by atoms with Crippen LogP contribution in [0.1, 0.15) is 53.7 Å². The molecule has 2 aromatic rings. The highest BCUT2D eigenvalue weighted by atomic mass is 32.2. The first-order valence-corrected chi connectivity index (χ1v) is 12.8. The van der Waals surface area contributed by atoms with Crippen LogP contribution >= 0.6 is 0 Å². The zero-order valence-electron chi connectivity index (χ0n) is 18.2. The van der Waals surface area contributed by atoms with Crippen LogP contribution in [0.4, 0.5) is 16.4 Å². The Morgan fingerprint density at radius 3 is 2.33 bits per heavy atom. The smallest absolute Gasteiger partial charge is 0.334 e. The number of hydrogen-bond acceptors (Lipinski definition) is 6. The van der Waals surface area contributed by atoms with Crippen LogP contribution in [0.5, 0.6) is 0 Å². The maximum absolute atomic E-state index is 13.4. The summed E-state index contributed by atoms with van der Waals surface area (Å²) in [7, 11) is -4.30. The van der Waals surface area contributed by atoms with Crippen molar-refractivity contribution in [3.8, 4) is 6.07 Å². The minimum absolute atomic E-state index is 0.000226. The van der Waals surface area contributed by atoms with Gasteiger partial charge in [0.1, 0.15) is 6.07 Å². The fourth-order valence-corrected chi connectivity index (χ4v) is 6.52. The fraction of sp³-hybridized carbons (Fsp3) is 0.478. The van der Waals surface area contributed by atoms with Crippen LogP contribution in [0.15, 0.2) is 22.6 Å². The first kappa shape index (κ1) is 21.8. The molecule has 0 unspecified atom stereocenters. The predicted molar refractivity (Wildman–Crippen MR) is 121 cm³/mol. The second kappa shape index (κ2) is 8.72. The Hall–Kier alpha value is -3.03. The van der Waals surface area contributed by atoms with Gasteiger partial charge in [-0.25, -0.2) is 13.8 Å². The van der Waals surface area contributed by atoms with Gasteiger partial charge in [0.05, 0.1) is 6.04 Å². The third kappa shape index (κ3) is 4.18. The Labute approximate surface area is 192 Å². The highest BCUT2D eigenvalue weighted by Crippen LogP contribution is 2.38. The second-order valence-corrected chi connectivity index (χ2v) is 10.2. The number of urea groups is 1. The van der Waals surface area contributed by atoms with Crippen molar-refractivity contribution in [2.75, 3.05) is 22.8 Å². The highest BCUT2D eigenvalue weighted by molar-refractivity contribution is 7.91. The van der Waals surface area contributed by atoms with Crippen molar-refractivity contribution in [2.45, 2.75) is 57.4 Å². The van der Waals surface area contributed by atoms with Gasteiger partial charge in [0, 0.05) is 25.0 Å². The van der Waals surface area contributed by atoms with E-state index < -0.39 is 22.3 Å². The lowest BCUT2D eigenvalue weighted by molar-refractivity contribution is 0.0869. The number of nitrogens with zero attached hydrogens (tertiary/aromatic N) is 2. The molecule has 10 heteroatoms. The van der Waals surface area contributed by atoms with Gasteiger partial charge in [0.25, 0.3) is 0 Å². The maximum Gasteiger partial charge on any atom is 0.334 e. The van der Waals surface area contributed by atoms with Gasteiger partial charge in [0.2, 0.25) is 11.6 Å². The van der Waals surface area contributed by atoms with E-state index in [1.165, 1.54) is 23.3 Å². The monoisotopic (exact) mass is 470 g/mol. The number of aryl methyl sites for hydroxylation is 2. The van der Waals surface area contributed by atoms with Crippen molar-refractivity contribution in [3.05, 3.63) is 46.2 Å². The molecule has 9 nitrogen and oxygen atoms in total. The fourth-order valence-electron chi connectivity index (χ4n) is 5.19. The zero-order chi connectivity index (χ0) is 23.0. The van der Waals surface area contributed by atoms with E-state index in [-0.39, 0.29) is 11.6 Å². The number of carbonyl (C=O) groups excluding carboxylic acids is 1. The molecule has 3 aliphatic rings. The van der Waals surface area contributed by atoms with Gasteiger partial charge in [-0.3, -0.25) is 0 Å². The van der Waals surface area contributed by atoms with Crippen molar-refractivity contribution < 1.29 is 22.4 Å². The molecule has 1 aliphatic heterocycles. The van der Waals surface area contributed by atoms with Crippen LogP contribution in [0.2, 0.25) is 0 Å². The lowest BCUT2D eigenvalue weighted by Crippen LogP contribution is -2.51. The largest absolute Gasteiger partial charge is 0.429 e. The lowest BCUT2D eigenvalue weighted by atomic mass is 9.99. The molecule has 2 aliphatic carbocycles. The van der Waals surface area contributed by atoms with Gasteiger partial charge in [-0.2, -0.15) is 13.7 Å². The molecule has 174 valence electrons. The Morgan fingerprint density at radius 1 is 1.06 bits per heavy atom. The van der Waals surface area contributed by atoms with E-state index in [9.17, 15) is 13.2 Å². The van der Waals surface area contributed by atoms with Crippen molar-refractivity contribution in [1.29, 1.82) is 5.26 Å². The molecule has 1 saturated heterocycles. The summed E-state index contributed by atoms with van der Waals surface area (Å²) in [5.74, 6) is -0.00244. The second-order valence-electron chi connectivity index (χ2n) is 8.68. The van der Waals surface area contributed by atoms with Gasteiger partial charge in [0.15, 0.2) is 0 Å². The van der Waals surface area contributed by atoms with Crippen molar-refractivity contribution in [2.24, 2.45) is 0 Å². The molecule has 5 rings (SSSR count). The normalized spacial score (nSPS) is 17.8. The Morgan fingerprint density at radius 2 is 1.73 bits per heavy atom. The summed E-state index contributed by atoms with van der Waals surface area (Å²) in [5.41, 5.74) is 5.51. The third-order valence-electron chi connectivity index (χ3n) is 6.63. The molecular weight excluding hydrogens is 444 g/mol. The SMILES string of the molecule is N#Cc1ccc(N(C2CCOCC2)S(=O)(=O)NC(=O)Nc2c3c(cc4c2CCC4)CCC3)o1. The van der Waals surface area contributed by atoms with Gasteiger partial charge in [-0.05, 0) is 79.7 Å². The number of benzene rings is 1. The average Bonchev–Trinajstić information content (AvgIpc) is 3.54. The number of anilines is 2. The van der Waals surface area contributed by atoms with E-state index in [0.717, 1.165) is 59.6 Å². The van der Waals surface area contributed by atoms with E-state index in [1.807, 2.05) is 6.07 Å². The van der Waals surface area contributed by atoms with Gasteiger partial charge < -0.3 is 14.5 Å². The molecule has 1 aromatic heterocycles. The average molecular weight is 471 g/mol. The topological polar surface area (TPSA) is 125 Å². The summed E-state index contributed by atoms with van der Waals surface area (Å²) in [6, 6.07) is 5.71. The number of nitriles is 1. The van der Waals surface area contributed by atoms with E-state index in [2.05, 4.69) is 16.1 Å². The minimum atomic E-state index is -4.30. The molecule has 2 N–H and O–H groups in total. The van der Waals surface area contributed by atoms with Gasteiger partial charge in [-0.1, -0.05) is 6.07 Å². The van der Waals surface area contributed by atoms with Gasteiger partial charge in [-0.15, -0.1) is 0 Å². The van der Waals surface area contributed by atoms with Crippen LogP contribution in [-0.2, 0) is 40.6 Å². The number of carbonyl (C=O) groups is 1. The summed E-state index contributed by atoms with van der Waals surface area (Å²) in [6.45, 7) is 0.800.